The van der Waals surface area contributed by atoms with Crippen LogP contribution in [0, 0.1) is 13.8 Å². The van der Waals surface area contributed by atoms with Crippen LogP contribution in [0.1, 0.15) is 11.3 Å². The van der Waals surface area contributed by atoms with Crippen molar-refractivity contribution in [2.75, 3.05) is 5.73 Å². The summed E-state index contributed by atoms with van der Waals surface area (Å²) in [7, 11) is 0. The van der Waals surface area contributed by atoms with Crippen molar-refractivity contribution in [2.24, 2.45) is 0 Å². The highest BCUT2D eigenvalue weighted by molar-refractivity contribution is 5.87. The smallest absolute Gasteiger partial charge is 0.180 e. The first-order chi connectivity index (χ1) is 9.16. The first-order valence-electron chi connectivity index (χ1n) is 6.03. The van der Waals surface area contributed by atoms with Crippen molar-refractivity contribution in [1.29, 1.82) is 0 Å². The van der Waals surface area contributed by atoms with Crippen LogP contribution in [0.4, 0.5) is 5.82 Å². The Morgan fingerprint density at radius 1 is 1.05 bits per heavy atom. The SMILES string of the molecule is Cc1ccc(-c2c(N)noc2-c2ccoc2C)cc1. The Kier molecular flexibility index (Phi) is 2.63. The second-order valence-corrected chi connectivity index (χ2v) is 4.53. The summed E-state index contributed by atoms with van der Waals surface area (Å²) < 4.78 is 10.7. The van der Waals surface area contributed by atoms with Crippen molar-refractivity contribution in [2.45, 2.75) is 13.8 Å². The fraction of sp³-hybridized carbons (Fsp3) is 0.133. The zero-order chi connectivity index (χ0) is 13.4. The number of hydrogen-bond acceptors (Lipinski definition) is 4. The van der Waals surface area contributed by atoms with Crippen LogP contribution in [0.25, 0.3) is 22.5 Å². The Morgan fingerprint density at radius 3 is 2.42 bits per heavy atom. The largest absolute Gasteiger partial charge is 0.469 e. The van der Waals surface area contributed by atoms with Crippen LogP contribution in [0.3, 0.4) is 0 Å². The van der Waals surface area contributed by atoms with Gasteiger partial charge in [0.05, 0.1) is 17.4 Å². The molecule has 3 rings (SSSR count). The zero-order valence-corrected chi connectivity index (χ0v) is 10.8. The Hall–Kier alpha value is -2.49. The van der Waals surface area contributed by atoms with E-state index in [1.807, 2.05) is 44.2 Å². The van der Waals surface area contributed by atoms with Crippen LogP contribution in [-0.4, -0.2) is 5.16 Å². The van der Waals surface area contributed by atoms with Crippen molar-refractivity contribution in [1.82, 2.24) is 5.16 Å². The van der Waals surface area contributed by atoms with E-state index < -0.39 is 0 Å². The summed E-state index contributed by atoms with van der Waals surface area (Å²) >= 11 is 0. The maximum atomic E-state index is 5.93. The molecule has 0 aliphatic heterocycles. The molecule has 0 saturated carbocycles. The first-order valence-corrected chi connectivity index (χ1v) is 6.03. The highest BCUT2D eigenvalue weighted by Gasteiger charge is 2.20. The van der Waals surface area contributed by atoms with Crippen molar-refractivity contribution >= 4 is 5.82 Å². The summed E-state index contributed by atoms with van der Waals surface area (Å²) in [5.41, 5.74) is 9.80. The summed E-state index contributed by atoms with van der Waals surface area (Å²) in [4.78, 5) is 0. The zero-order valence-electron chi connectivity index (χ0n) is 10.8. The van der Waals surface area contributed by atoms with Crippen LogP contribution in [0.2, 0.25) is 0 Å². The lowest BCUT2D eigenvalue weighted by Crippen LogP contribution is -1.89. The molecule has 0 saturated heterocycles. The van der Waals surface area contributed by atoms with E-state index in [4.69, 9.17) is 14.7 Å². The molecule has 0 aliphatic carbocycles. The van der Waals surface area contributed by atoms with Gasteiger partial charge < -0.3 is 14.7 Å². The molecule has 2 aromatic heterocycles. The van der Waals surface area contributed by atoms with Crippen LogP contribution in [-0.2, 0) is 0 Å². The normalized spacial score (nSPS) is 10.8. The van der Waals surface area contributed by atoms with Crippen molar-refractivity contribution < 1.29 is 8.94 Å². The summed E-state index contributed by atoms with van der Waals surface area (Å²) in [6.07, 6.45) is 1.63. The molecule has 0 spiro atoms. The fourth-order valence-electron chi connectivity index (χ4n) is 2.11. The molecule has 3 aromatic rings. The topological polar surface area (TPSA) is 65.2 Å². The van der Waals surface area contributed by atoms with Crippen molar-refractivity contribution in [3.63, 3.8) is 0 Å². The van der Waals surface area contributed by atoms with E-state index in [-0.39, 0.29) is 0 Å². The number of aromatic nitrogens is 1. The molecular weight excluding hydrogens is 240 g/mol. The Morgan fingerprint density at radius 2 is 1.79 bits per heavy atom. The van der Waals surface area contributed by atoms with Crippen LogP contribution in [0.15, 0.2) is 45.5 Å². The minimum Gasteiger partial charge on any atom is -0.469 e. The van der Waals surface area contributed by atoms with Gasteiger partial charge in [-0.15, -0.1) is 0 Å². The van der Waals surface area contributed by atoms with Crippen LogP contribution in [0.5, 0.6) is 0 Å². The number of nitrogen functional groups attached to an aromatic ring is 1. The molecule has 1 aromatic carbocycles. The lowest BCUT2D eigenvalue weighted by atomic mass is 10.0. The third-order valence-electron chi connectivity index (χ3n) is 3.16. The molecule has 0 bridgehead atoms. The van der Waals surface area contributed by atoms with E-state index >= 15 is 0 Å². The molecule has 2 heterocycles. The van der Waals surface area contributed by atoms with Gasteiger partial charge in [0.2, 0.25) is 0 Å². The highest BCUT2D eigenvalue weighted by Crippen LogP contribution is 2.38. The molecule has 4 heteroatoms. The quantitative estimate of drug-likeness (QED) is 0.755. The van der Waals surface area contributed by atoms with Gasteiger partial charge in [0.1, 0.15) is 5.76 Å². The Labute approximate surface area is 110 Å². The lowest BCUT2D eigenvalue weighted by Gasteiger charge is -2.02. The van der Waals surface area contributed by atoms with E-state index in [2.05, 4.69) is 5.16 Å². The van der Waals surface area contributed by atoms with Gasteiger partial charge in [-0.2, -0.15) is 0 Å². The average molecular weight is 254 g/mol. The number of benzene rings is 1. The number of furan rings is 1. The molecular formula is C15H14N2O2. The van der Waals surface area contributed by atoms with Crippen molar-refractivity contribution in [3.05, 3.63) is 47.9 Å². The number of nitrogens with zero attached hydrogens (tertiary/aromatic N) is 1. The lowest BCUT2D eigenvalue weighted by molar-refractivity contribution is 0.434. The average Bonchev–Trinajstić information content (AvgIpc) is 2.97. The van der Waals surface area contributed by atoms with Gasteiger partial charge >= 0.3 is 0 Å². The minimum absolute atomic E-state index is 0.388. The summed E-state index contributed by atoms with van der Waals surface area (Å²) in [5, 5.41) is 3.87. The summed E-state index contributed by atoms with van der Waals surface area (Å²) in [6.45, 7) is 3.93. The fourth-order valence-corrected chi connectivity index (χ4v) is 2.11. The van der Waals surface area contributed by atoms with E-state index in [1.54, 1.807) is 6.26 Å². The summed E-state index contributed by atoms with van der Waals surface area (Å²) in [5.74, 6) is 1.82. The van der Waals surface area contributed by atoms with E-state index in [1.165, 1.54) is 5.56 Å². The van der Waals surface area contributed by atoms with Crippen LogP contribution < -0.4 is 5.73 Å². The number of hydrogen-bond donors (Lipinski definition) is 1. The molecule has 96 valence electrons. The van der Waals surface area contributed by atoms with Gasteiger partial charge in [-0.05, 0) is 25.5 Å². The van der Waals surface area contributed by atoms with Gasteiger partial charge in [0.25, 0.3) is 0 Å². The number of nitrogens with two attached hydrogens (primary N) is 1. The maximum absolute atomic E-state index is 5.93. The molecule has 19 heavy (non-hydrogen) atoms. The second-order valence-electron chi connectivity index (χ2n) is 4.53. The third-order valence-corrected chi connectivity index (χ3v) is 3.16. The van der Waals surface area contributed by atoms with Gasteiger partial charge in [-0.1, -0.05) is 35.0 Å². The monoisotopic (exact) mass is 254 g/mol. The summed E-state index contributed by atoms with van der Waals surface area (Å²) in [6, 6.07) is 9.95. The molecule has 0 aliphatic rings. The molecule has 0 atom stereocenters. The first kappa shape index (κ1) is 11.6. The Balaban J connectivity index is 2.19. The van der Waals surface area contributed by atoms with Gasteiger partial charge in [0, 0.05) is 0 Å². The number of anilines is 1. The van der Waals surface area contributed by atoms with Crippen molar-refractivity contribution in [3.8, 4) is 22.5 Å². The maximum Gasteiger partial charge on any atom is 0.180 e. The highest BCUT2D eigenvalue weighted by atomic mass is 16.5. The molecule has 0 fully saturated rings. The molecule has 4 nitrogen and oxygen atoms in total. The Bertz CT molecular complexity index is 708. The molecule has 2 N–H and O–H groups in total. The van der Waals surface area contributed by atoms with Gasteiger partial charge in [-0.25, -0.2) is 0 Å². The standard InChI is InChI=1S/C15H14N2O2/c1-9-3-5-11(6-4-9)13-14(19-17-15(13)16)12-7-8-18-10(12)2/h3-8H,1-2H3,(H2,16,17). The molecule has 0 radical (unpaired) electrons. The molecule has 0 unspecified atom stereocenters. The predicted molar refractivity (Wildman–Crippen MR) is 73.5 cm³/mol. The van der Waals surface area contributed by atoms with E-state index in [0.29, 0.717) is 11.6 Å². The van der Waals surface area contributed by atoms with E-state index in [0.717, 1.165) is 22.5 Å². The number of rotatable bonds is 2. The number of aryl methyl sites for hydroxylation is 2. The predicted octanol–water partition coefficient (Wildman–Crippen LogP) is 3.80. The molecule has 0 amide bonds. The third kappa shape index (κ3) is 1.91. The second kappa shape index (κ2) is 4.31. The van der Waals surface area contributed by atoms with E-state index in [9.17, 15) is 0 Å². The van der Waals surface area contributed by atoms with Gasteiger partial charge in [0.15, 0.2) is 11.6 Å². The minimum atomic E-state index is 0.388. The van der Waals surface area contributed by atoms with Crippen LogP contribution >= 0.6 is 0 Å². The van der Waals surface area contributed by atoms with Gasteiger partial charge in [-0.3, -0.25) is 0 Å².